The number of aromatic nitrogens is 1. The molecule has 0 radical (unpaired) electrons. The van der Waals surface area contributed by atoms with Gasteiger partial charge in [-0.2, -0.15) is 0 Å². The van der Waals surface area contributed by atoms with E-state index < -0.39 is 0 Å². The van der Waals surface area contributed by atoms with Crippen molar-refractivity contribution in [3.8, 4) is 0 Å². The molecule has 1 nitrogen and oxygen atoms in total. The number of nitrogens with zero attached hydrogens (tertiary/aromatic N) is 1. The summed E-state index contributed by atoms with van der Waals surface area (Å²) in [6, 6.07) is 12.1. The van der Waals surface area contributed by atoms with Crippen LogP contribution in [0.25, 0.3) is 21.8 Å². The molecule has 0 saturated heterocycles. The minimum atomic E-state index is 0.762. The van der Waals surface area contributed by atoms with Gasteiger partial charge in [-0.15, -0.1) is 0 Å². The van der Waals surface area contributed by atoms with Crippen LogP contribution < -0.4 is 0 Å². The Balaban J connectivity index is 2.57. The van der Waals surface area contributed by atoms with E-state index in [1.807, 2.05) is 24.3 Å². The highest BCUT2D eigenvalue weighted by Crippen LogP contribution is 2.34. The minimum absolute atomic E-state index is 0.762. The number of hydrogen-bond donors (Lipinski definition) is 0. The van der Waals surface area contributed by atoms with E-state index in [9.17, 15) is 0 Å². The molecule has 2 aromatic carbocycles. The van der Waals surface area contributed by atoms with Gasteiger partial charge in [-0.25, -0.2) is 4.98 Å². The molecule has 0 saturated carbocycles. The van der Waals surface area contributed by atoms with Crippen LogP contribution in [0.4, 0.5) is 0 Å². The second kappa shape index (κ2) is 3.97. The van der Waals surface area contributed by atoms with Crippen molar-refractivity contribution in [2.24, 2.45) is 0 Å². The van der Waals surface area contributed by atoms with Crippen molar-refractivity contribution >= 4 is 49.3 Å². The minimum Gasteiger partial charge on any atom is -0.248 e. The summed E-state index contributed by atoms with van der Waals surface area (Å²) >= 11 is 9.99. The van der Waals surface area contributed by atoms with Crippen LogP contribution in [0.1, 0.15) is 5.56 Å². The van der Waals surface area contributed by atoms with Crippen LogP contribution in [-0.4, -0.2) is 4.98 Å². The SMILES string of the molecule is Cc1ccc2c(Cl)c3c(Br)cccc3nc2c1. The molecular weight excluding hydrogens is 298 g/mol. The number of halogens is 2. The Bertz CT molecular complexity index is 736. The molecule has 3 rings (SSSR count). The van der Waals surface area contributed by atoms with E-state index in [4.69, 9.17) is 11.6 Å². The summed E-state index contributed by atoms with van der Waals surface area (Å²) in [6.07, 6.45) is 0. The standard InChI is InChI=1S/C14H9BrClN/c1-8-5-6-9-12(7-8)17-11-4-2-3-10(15)13(11)14(9)16/h2-7H,1H3. The van der Waals surface area contributed by atoms with Gasteiger partial charge >= 0.3 is 0 Å². The van der Waals surface area contributed by atoms with Gasteiger partial charge in [0.15, 0.2) is 0 Å². The Kier molecular flexibility index (Phi) is 2.57. The second-order valence-corrected chi connectivity index (χ2v) is 5.31. The van der Waals surface area contributed by atoms with Crippen molar-refractivity contribution in [3.05, 3.63) is 51.5 Å². The van der Waals surface area contributed by atoms with Crippen molar-refractivity contribution in [1.82, 2.24) is 4.98 Å². The van der Waals surface area contributed by atoms with Crippen molar-refractivity contribution in [3.63, 3.8) is 0 Å². The fourth-order valence-electron chi connectivity index (χ4n) is 2.01. The summed E-state index contributed by atoms with van der Waals surface area (Å²) in [7, 11) is 0. The summed E-state index contributed by atoms with van der Waals surface area (Å²) in [5.74, 6) is 0. The zero-order valence-corrected chi connectivity index (χ0v) is 11.5. The average molecular weight is 307 g/mol. The number of benzene rings is 2. The maximum absolute atomic E-state index is 6.46. The van der Waals surface area contributed by atoms with E-state index in [1.54, 1.807) is 0 Å². The molecule has 0 amide bonds. The molecule has 17 heavy (non-hydrogen) atoms. The molecule has 0 bridgehead atoms. The normalized spacial score (nSPS) is 11.2. The lowest BCUT2D eigenvalue weighted by Crippen LogP contribution is -1.86. The number of pyridine rings is 1. The summed E-state index contributed by atoms with van der Waals surface area (Å²) < 4.78 is 0.981. The zero-order chi connectivity index (χ0) is 12.0. The highest BCUT2D eigenvalue weighted by Gasteiger charge is 2.09. The molecule has 0 fully saturated rings. The molecule has 1 aromatic heterocycles. The zero-order valence-electron chi connectivity index (χ0n) is 9.17. The fourth-order valence-corrected chi connectivity index (χ4v) is 3.03. The predicted molar refractivity (Wildman–Crippen MR) is 76.7 cm³/mol. The summed E-state index contributed by atoms with van der Waals surface area (Å²) in [5, 5.41) is 2.74. The lowest BCUT2D eigenvalue weighted by molar-refractivity contribution is 1.44. The van der Waals surface area contributed by atoms with Crippen LogP contribution in [0.2, 0.25) is 5.02 Å². The van der Waals surface area contributed by atoms with Gasteiger partial charge in [0.05, 0.1) is 16.1 Å². The van der Waals surface area contributed by atoms with E-state index in [-0.39, 0.29) is 0 Å². The topological polar surface area (TPSA) is 12.9 Å². The van der Waals surface area contributed by atoms with E-state index in [0.717, 1.165) is 31.3 Å². The fraction of sp³-hybridized carbons (Fsp3) is 0.0714. The maximum atomic E-state index is 6.46. The Hall–Kier alpha value is -1.12. The van der Waals surface area contributed by atoms with Gasteiger partial charge < -0.3 is 0 Å². The first-order chi connectivity index (χ1) is 8.16. The van der Waals surface area contributed by atoms with Gasteiger partial charge in [0, 0.05) is 15.2 Å². The van der Waals surface area contributed by atoms with Gasteiger partial charge in [0.1, 0.15) is 0 Å². The first kappa shape index (κ1) is 11.0. The van der Waals surface area contributed by atoms with Gasteiger partial charge in [-0.3, -0.25) is 0 Å². The van der Waals surface area contributed by atoms with Crippen molar-refractivity contribution in [2.75, 3.05) is 0 Å². The Labute approximate surface area is 113 Å². The van der Waals surface area contributed by atoms with E-state index in [2.05, 4.69) is 40.0 Å². The van der Waals surface area contributed by atoms with Crippen LogP contribution in [0.15, 0.2) is 40.9 Å². The van der Waals surface area contributed by atoms with E-state index in [1.165, 1.54) is 5.56 Å². The van der Waals surface area contributed by atoms with Crippen molar-refractivity contribution in [2.45, 2.75) is 6.92 Å². The van der Waals surface area contributed by atoms with Gasteiger partial charge in [0.25, 0.3) is 0 Å². The third kappa shape index (κ3) is 1.72. The molecule has 0 atom stereocenters. The van der Waals surface area contributed by atoms with Crippen molar-refractivity contribution in [1.29, 1.82) is 0 Å². The average Bonchev–Trinajstić information content (AvgIpc) is 2.28. The predicted octanol–water partition coefficient (Wildman–Crippen LogP) is 5.11. The smallest absolute Gasteiger partial charge is 0.0736 e. The Morgan fingerprint density at radius 1 is 1.12 bits per heavy atom. The molecular formula is C14H9BrClN. The van der Waals surface area contributed by atoms with Crippen LogP contribution in [0.5, 0.6) is 0 Å². The van der Waals surface area contributed by atoms with Gasteiger partial charge in [-0.1, -0.05) is 45.7 Å². The quantitative estimate of drug-likeness (QED) is 0.526. The summed E-state index contributed by atoms with van der Waals surface area (Å²) in [5.41, 5.74) is 3.05. The van der Waals surface area contributed by atoms with Crippen LogP contribution in [0.3, 0.4) is 0 Å². The molecule has 0 aliphatic carbocycles. The monoisotopic (exact) mass is 305 g/mol. The Morgan fingerprint density at radius 2 is 1.94 bits per heavy atom. The largest absolute Gasteiger partial charge is 0.248 e. The molecule has 3 aromatic rings. The van der Waals surface area contributed by atoms with E-state index in [0.29, 0.717) is 0 Å². The highest BCUT2D eigenvalue weighted by molar-refractivity contribution is 9.10. The number of fused-ring (bicyclic) bond motifs is 2. The number of aryl methyl sites for hydroxylation is 1. The maximum Gasteiger partial charge on any atom is 0.0736 e. The Morgan fingerprint density at radius 3 is 2.76 bits per heavy atom. The third-order valence-electron chi connectivity index (χ3n) is 2.84. The third-order valence-corrected chi connectivity index (χ3v) is 3.90. The highest BCUT2D eigenvalue weighted by atomic mass is 79.9. The summed E-state index contributed by atoms with van der Waals surface area (Å²) in [4.78, 5) is 4.65. The van der Waals surface area contributed by atoms with Crippen LogP contribution in [-0.2, 0) is 0 Å². The van der Waals surface area contributed by atoms with Gasteiger partial charge in [0.2, 0.25) is 0 Å². The number of rotatable bonds is 0. The molecule has 3 heteroatoms. The molecule has 0 aliphatic rings. The van der Waals surface area contributed by atoms with Crippen LogP contribution in [0, 0.1) is 6.92 Å². The molecule has 0 aliphatic heterocycles. The summed E-state index contributed by atoms with van der Waals surface area (Å²) in [6.45, 7) is 2.06. The molecule has 1 heterocycles. The molecule has 0 spiro atoms. The second-order valence-electron chi connectivity index (χ2n) is 4.08. The van der Waals surface area contributed by atoms with E-state index >= 15 is 0 Å². The number of hydrogen-bond acceptors (Lipinski definition) is 1. The lowest BCUT2D eigenvalue weighted by atomic mass is 10.1. The molecule has 0 unspecified atom stereocenters. The first-order valence-electron chi connectivity index (χ1n) is 5.31. The first-order valence-corrected chi connectivity index (χ1v) is 6.48. The van der Waals surface area contributed by atoms with Crippen LogP contribution >= 0.6 is 27.5 Å². The van der Waals surface area contributed by atoms with Gasteiger partial charge in [-0.05, 0) is 30.7 Å². The van der Waals surface area contributed by atoms with Crippen molar-refractivity contribution < 1.29 is 0 Å². The lowest BCUT2D eigenvalue weighted by Gasteiger charge is -2.07. The molecule has 84 valence electrons. The molecule has 0 N–H and O–H groups in total.